The van der Waals surface area contributed by atoms with Gasteiger partial charge >= 0.3 is 0 Å². The second-order valence-electron chi connectivity index (χ2n) is 7.68. The minimum Gasteiger partial charge on any atom is -0.387 e. The first kappa shape index (κ1) is 18.8. The molecular weight excluding hydrogens is 294 g/mol. The van der Waals surface area contributed by atoms with E-state index in [4.69, 9.17) is 9.47 Å². The second-order valence-corrected chi connectivity index (χ2v) is 7.68. The molecular formula is C18H33NO4. The van der Waals surface area contributed by atoms with E-state index in [1.54, 1.807) is 0 Å². The van der Waals surface area contributed by atoms with Crippen LogP contribution in [-0.4, -0.2) is 60.5 Å². The molecule has 4 atom stereocenters. The number of hydrogen-bond donors (Lipinski definition) is 1. The third-order valence-corrected chi connectivity index (χ3v) is 5.54. The Hall–Kier alpha value is -0.490. The van der Waals surface area contributed by atoms with Gasteiger partial charge in [0.05, 0.1) is 12.7 Å². The van der Waals surface area contributed by atoms with Gasteiger partial charge in [-0.25, -0.2) is 0 Å². The number of rotatable bonds is 7. The highest BCUT2D eigenvalue weighted by molar-refractivity contribution is 5.58. The topological polar surface area (TPSA) is 59.0 Å². The van der Waals surface area contributed by atoms with E-state index < -0.39 is 17.3 Å². The predicted octanol–water partition coefficient (Wildman–Crippen LogP) is 2.22. The van der Waals surface area contributed by atoms with E-state index in [1.165, 1.54) is 0 Å². The highest BCUT2D eigenvalue weighted by Crippen LogP contribution is 2.45. The van der Waals surface area contributed by atoms with Gasteiger partial charge in [0, 0.05) is 18.4 Å². The number of aliphatic hydroxyl groups is 1. The molecule has 1 saturated heterocycles. The molecule has 0 radical (unpaired) electrons. The lowest BCUT2D eigenvalue weighted by molar-refractivity contribution is -0.253. The van der Waals surface area contributed by atoms with E-state index >= 15 is 0 Å². The first-order valence-electron chi connectivity index (χ1n) is 9.05. The Morgan fingerprint density at radius 2 is 2.13 bits per heavy atom. The number of ether oxygens (including phenoxy) is 2. The summed E-state index contributed by atoms with van der Waals surface area (Å²) in [5.74, 6) is -0.676. The summed E-state index contributed by atoms with van der Waals surface area (Å²) in [5, 5.41) is 10.6. The lowest BCUT2D eigenvalue weighted by Gasteiger charge is -2.43. The van der Waals surface area contributed by atoms with Crippen molar-refractivity contribution in [2.75, 3.05) is 26.2 Å². The summed E-state index contributed by atoms with van der Waals surface area (Å²) >= 11 is 0. The van der Waals surface area contributed by atoms with Crippen LogP contribution in [0, 0.1) is 11.3 Å². The van der Waals surface area contributed by atoms with Crippen molar-refractivity contribution in [1.82, 2.24) is 4.90 Å². The molecule has 5 heteroatoms. The molecule has 2 aliphatic rings. The van der Waals surface area contributed by atoms with E-state index in [9.17, 15) is 9.90 Å². The molecule has 2 rings (SSSR count). The van der Waals surface area contributed by atoms with Crippen LogP contribution in [0.15, 0.2) is 0 Å². The Morgan fingerprint density at radius 3 is 2.70 bits per heavy atom. The molecule has 23 heavy (non-hydrogen) atoms. The monoisotopic (exact) mass is 327 g/mol. The van der Waals surface area contributed by atoms with Gasteiger partial charge in [0.25, 0.3) is 0 Å². The van der Waals surface area contributed by atoms with Gasteiger partial charge in [-0.1, -0.05) is 27.7 Å². The fraction of sp³-hybridized carbons (Fsp3) is 0.944. The number of nitrogens with zero attached hydrogens (tertiary/aromatic N) is 1. The van der Waals surface area contributed by atoms with E-state index in [0.29, 0.717) is 19.4 Å². The lowest BCUT2D eigenvalue weighted by Crippen LogP contribution is -2.51. The van der Waals surface area contributed by atoms with Crippen molar-refractivity contribution in [3.63, 3.8) is 0 Å². The molecule has 0 aromatic heterocycles. The van der Waals surface area contributed by atoms with Gasteiger partial charge in [0.15, 0.2) is 5.79 Å². The van der Waals surface area contributed by atoms with Crippen LogP contribution in [0.3, 0.4) is 0 Å². The average Bonchev–Trinajstić information content (AvgIpc) is 2.93. The Morgan fingerprint density at radius 1 is 1.39 bits per heavy atom. The molecule has 1 saturated carbocycles. The van der Waals surface area contributed by atoms with Crippen molar-refractivity contribution in [2.45, 2.75) is 71.4 Å². The number of aliphatic hydroxyl groups excluding tert-OH is 1. The highest BCUT2D eigenvalue weighted by atomic mass is 16.8. The van der Waals surface area contributed by atoms with Crippen LogP contribution in [0.2, 0.25) is 0 Å². The van der Waals surface area contributed by atoms with Gasteiger partial charge in [-0.3, -0.25) is 0 Å². The largest absolute Gasteiger partial charge is 0.387 e. The number of likely N-dealkylation sites (N-methyl/N-ethyl adjacent to an activating group) is 1. The van der Waals surface area contributed by atoms with Crippen molar-refractivity contribution in [1.29, 1.82) is 0 Å². The van der Waals surface area contributed by atoms with E-state index in [1.807, 2.05) is 13.8 Å². The SMILES string of the molecule is CCCN(CC)CC1COC2(CCC(C(C)(C)C=O)CC2O)O1. The van der Waals surface area contributed by atoms with Crippen molar-refractivity contribution in [2.24, 2.45) is 11.3 Å². The van der Waals surface area contributed by atoms with Crippen molar-refractivity contribution in [3.05, 3.63) is 0 Å². The van der Waals surface area contributed by atoms with Crippen molar-refractivity contribution in [3.8, 4) is 0 Å². The Balaban J connectivity index is 1.93. The molecule has 0 aromatic rings. The number of hydrogen-bond acceptors (Lipinski definition) is 5. The fourth-order valence-electron chi connectivity index (χ4n) is 3.84. The molecule has 1 aliphatic heterocycles. The van der Waals surface area contributed by atoms with Crippen molar-refractivity contribution >= 4 is 6.29 Å². The third kappa shape index (κ3) is 4.13. The van der Waals surface area contributed by atoms with E-state index in [-0.39, 0.29) is 12.0 Å². The summed E-state index contributed by atoms with van der Waals surface area (Å²) in [7, 11) is 0. The molecule has 0 aromatic carbocycles. The van der Waals surface area contributed by atoms with Crippen LogP contribution in [0.4, 0.5) is 0 Å². The van der Waals surface area contributed by atoms with Crippen molar-refractivity contribution < 1.29 is 19.4 Å². The summed E-state index contributed by atoms with van der Waals surface area (Å²) < 4.78 is 12.1. The van der Waals surface area contributed by atoms with Crippen LogP contribution >= 0.6 is 0 Å². The molecule has 1 aliphatic carbocycles. The van der Waals surface area contributed by atoms with Gasteiger partial charge in [-0.05, 0) is 38.3 Å². The third-order valence-electron chi connectivity index (χ3n) is 5.54. The van der Waals surface area contributed by atoms with E-state index in [0.717, 1.165) is 38.8 Å². The summed E-state index contributed by atoms with van der Waals surface area (Å²) in [5.41, 5.74) is -0.402. The summed E-state index contributed by atoms with van der Waals surface area (Å²) in [4.78, 5) is 13.6. The summed E-state index contributed by atoms with van der Waals surface area (Å²) in [6, 6.07) is 0. The number of aldehydes is 1. The minimum absolute atomic E-state index is 0.0202. The number of carbonyl (C=O) groups is 1. The Bertz CT molecular complexity index is 400. The maximum Gasteiger partial charge on any atom is 0.194 e. The Kier molecular flexibility index (Phi) is 6.22. The molecule has 1 spiro atoms. The maximum atomic E-state index is 11.3. The van der Waals surface area contributed by atoms with E-state index in [2.05, 4.69) is 18.7 Å². The second kappa shape index (κ2) is 7.60. The molecule has 1 heterocycles. The molecule has 0 amide bonds. The zero-order valence-corrected chi connectivity index (χ0v) is 15.1. The molecule has 4 unspecified atom stereocenters. The molecule has 0 bridgehead atoms. The molecule has 1 N–H and O–H groups in total. The van der Waals surface area contributed by atoms with Gasteiger partial charge in [0.2, 0.25) is 0 Å². The fourth-order valence-corrected chi connectivity index (χ4v) is 3.84. The van der Waals surface area contributed by atoms with Gasteiger partial charge in [-0.2, -0.15) is 0 Å². The molecule has 2 fully saturated rings. The van der Waals surface area contributed by atoms with Gasteiger partial charge in [0.1, 0.15) is 12.4 Å². The standard InChI is InChI=1S/C18H33NO4/c1-5-9-19(6-2)11-15-12-22-18(23-15)8-7-14(10-16(18)21)17(3,4)13-20/h13-16,21H,5-12H2,1-4H3. The first-order valence-corrected chi connectivity index (χ1v) is 9.05. The van der Waals surface area contributed by atoms with Crippen LogP contribution in [0.1, 0.15) is 53.4 Å². The van der Waals surface area contributed by atoms with Crippen LogP contribution < -0.4 is 0 Å². The summed E-state index contributed by atoms with van der Waals surface area (Å²) in [6.07, 6.45) is 3.56. The first-order chi connectivity index (χ1) is 10.9. The van der Waals surface area contributed by atoms with Gasteiger partial charge < -0.3 is 24.3 Å². The van der Waals surface area contributed by atoms with Gasteiger partial charge in [-0.15, -0.1) is 0 Å². The minimum atomic E-state index is -0.855. The normalized spacial score (nSPS) is 35.1. The quantitative estimate of drug-likeness (QED) is 0.727. The zero-order chi connectivity index (χ0) is 17.1. The lowest BCUT2D eigenvalue weighted by atomic mass is 9.69. The number of carbonyl (C=O) groups excluding carboxylic acids is 1. The Labute approximate surface area is 140 Å². The van der Waals surface area contributed by atoms with Crippen LogP contribution in [0.5, 0.6) is 0 Å². The highest BCUT2D eigenvalue weighted by Gasteiger charge is 2.52. The molecule has 5 nitrogen and oxygen atoms in total. The molecule has 134 valence electrons. The summed E-state index contributed by atoms with van der Waals surface area (Å²) in [6.45, 7) is 11.7. The van der Waals surface area contributed by atoms with Crippen LogP contribution in [-0.2, 0) is 14.3 Å². The predicted molar refractivity (Wildman–Crippen MR) is 89.2 cm³/mol. The smallest absolute Gasteiger partial charge is 0.194 e. The van der Waals surface area contributed by atoms with Crippen LogP contribution in [0.25, 0.3) is 0 Å². The average molecular weight is 327 g/mol. The maximum absolute atomic E-state index is 11.3. The zero-order valence-electron chi connectivity index (χ0n) is 15.1.